The van der Waals surface area contributed by atoms with Gasteiger partial charge in [-0.15, -0.1) is 0 Å². The number of hydrogen-bond acceptors (Lipinski definition) is 4. The molecule has 0 bridgehead atoms. The molecule has 2 aliphatic rings. The summed E-state index contributed by atoms with van der Waals surface area (Å²) in [7, 11) is 2.06. The molecular weight excluding hydrogens is 236 g/mol. The highest BCUT2D eigenvalue weighted by molar-refractivity contribution is 5.51. The van der Waals surface area contributed by atoms with Crippen molar-refractivity contribution in [2.24, 2.45) is 0 Å². The third kappa shape index (κ3) is 2.34. The second kappa shape index (κ2) is 5.45. The number of rotatable bonds is 3. The molecule has 2 atom stereocenters. The fourth-order valence-electron chi connectivity index (χ4n) is 3.52. The number of fused-ring (bicyclic) bond motifs is 1. The summed E-state index contributed by atoms with van der Waals surface area (Å²) in [5.74, 6) is 1.22. The topological polar surface area (TPSA) is 41.0 Å². The number of aryl methyl sites for hydroxylation is 1. The average molecular weight is 260 g/mol. The number of hydrogen-bond donors (Lipinski definition) is 1. The Labute approximate surface area is 115 Å². The van der Waals surface area contributed by atoms with Crippen LogP contribution in [0.2, 0.25) is 0 Å². The Morgan fingerprint density at radius 2 is 2.16 bits per heavy atom. The lowest BCUT2D eigenvalue weighted by atomic mass is 9.96. The van der Waals surface area contributed by atoms with Crippen LogP contribution in [0.1, 0.15) is 43.9 Å². The summed E-state index contributed by atoms with van der Waals surface area (Å²) in [6, 6.07) is 1.07. The molecule has 1 aliphatic carbocycles. The molecule has 4 heteroatoms. The van der Waals surface area contributed by atoms with E-state index in [9.17, 15) is 0 Å². The molecule has 2 unspecified atom stereocenters. The molecule has 104 valence electrons. The second-order valence-electron chi connectivity index (χ2n) is 5.81. The summed E-state index contributed by atoms with van der Waals surface area (Å²) < 4.78 is 0. The van der Waals surface area contributed by atoms with Crippen LogP contribution in [-0.2, 0) is 12.8 Å². The monoisotopic (exact) mass is 260 g/mol. The lowest BCUT2D eigenvalue weighted by Gasteiger charge is -2.40. The molecule has 0 spiro atoms. The van der Waals surface area contributed by atoms with Gasteiger partial charge in [0.15, 0.2) is 0 Å². The van der Waals surface area contributed by atoms with Crippen molar-refractivity contribution in [2.75, 3.05) is 18.5 Å². The number of aromatic nitrogens is 2. The predicted molar refractivity (Wildman–Crippen MR) is 77.6 cm³/mol. The van der Waals surface area contributed by atoms with E-state index in [0.717, 1.165) is 19.4 Å². The van der Waals surface area contributed by atoms with Gasteiger partial charge in [0.05, 0.1) is 0 Å². The highest BCUT2D eigenvalue weighted by atomic mass is 15.2. The second-order valence-corrected chi connectivity index (χ2v) is 5.81. The van der Waals surface area contributed by atoms with Gasteiger partial charge in [0.25, 0.3) is 0 Å². The van der Waals surface area contributed by atoms with Gasteiger partial charge in [0.1, 0.15) is 12.1 Å². The average Bonchev–Trinajstić information content (AvgIpc) is 2.94. The fraction of sp³-hybridized carbons (Fsp3) is 0.733. The first-order valence-corrected chi connectivity index (χ1v) is 7.58. The van der Waals surface area contributed by atoms with Gasteiger partial charge in [-0.25, -0.2) is 9.97 Å². The Bertz CT molecular complexity index is 446. The highest BCUT2D eigenvalue weighted by Gasteiger charge is 2.30. The Morgan fingerprint density at radius 3 is 3.00 bits per heavy atom. The van der Waals surface area contributed by atoms with Gasteiger partial charge in [0, 0.05) is 29.9 Å². The Balaban J connectivity index is 1.93. The molecule has 1 N–H and O–H groups in total. The predicted octanol–water partition coefficient (Wildman–Crippen LogP) is 1.93. The maximum absolute atomic E-state index is 4.63. The van der Waals surface area contributed by atoms with Crippen molar-refractivity contribution in [3.8, 4) is 0 Å². The Kier molecular flexibility index (Phi) is 3.69. The number of likely N-dealkylation sites (N-methyl/N-ethyl adjacent to an activating group) is 1. The normalized spacial score (nSPS) is 24.3. The first-order valence-electron chi connectivity index (χ1n) is 7.58. The van der Waals surface area contributed by atoms with Crippen LogP contribution in [0, 0.1) is 0 Å². The maximum atomic E-state index is 4.63. The van der Waals surface area contributed by atoms with Gasteiger partial charge < -0.3 is 10.2 Å². The zero-order valence-corrected chi connectivity index (χ0v) is 12.0. The number of anilines is 1. The van der Waals surface area contributed by atoms with Crippen molar-refractivity contribution in [3.05, 3.63) is 17.6 Å². The SMILES string of the molecule is CNC(C)C1CCCCN1c1ncnc2c1CCC2. The largest absolute Gasteiger partial charge is 0.352 e. The third-order valence-electron chi connectivity index (χ3n) is 4.71. The quantitative estimate of drug-likeness (QED) is 0.901. The molecule has 4 nitrogen and oxygen atoms in total. The van der Waals surface area contributed by atoms with Gasteiger partial charge in [-0.2, -0.15) is 0 Å². The summed E-state index contributed by atoms with van der Waals surface area (Å²) in [5.41, 5.74) is 2.70. The van der Waals surface area contributed by atoms with Gasteiger partial charge in [-0.05, 0) is 52.5 Å². The van der Waals surface area contributed by atoms with E-state index in [-0.39, 0.29) is 0 Å². The Hall–Kier alpha value is -1.16. The van der Waals surface area contributed by atoms with E-state index in [0.29, 0.717) is 12.1 Å². The fourth-order valence-corrected chi connectivity index (χ4v) is 3.52. The van der Waals surface area contributed by atoms with Crippen LogP contribution in [0.25, 0.3) is 0 Å². The Morgan fingerprint density at radius 1 is 1.26 bits per heavy atom. The molecule has 2 heterocycles. The van der Waals surface area contributed by atoms with Gasteiger partial charge in [-0.3, -0.25) is 0 Å². The summed E-state index contributed by atoms with van der Waals surface area (Å²) in [6.45, 7) is 3.42. The van der Waals surface area contributed by atoms with E-state index in [1.807, 2.05) is 0 Å². The first-order chi connectivity index (χ1) is 9.31. The van der Waals surface area contributed by atoms with Crippen LogP contribution in [0.5, 0.6) is 0 Å². The van der Waals surface area contributed by atoms with E-state index in [4.69, 9.17) is 0 Å². The summed E-state index contributed by atoms with van der Waals surface area (Å²) in [6.07, 6.45) is 9.16. The van der Waals surface area contributed by atoms with Crippen LogP contribution in [0.4, 0.5) is 5.82 Å². The molecular formula is C15H24N4. The summed E-state index contributed by atoms with van der Waals surface area (Å²) in [4.78, 5) is 11.6. The minimum atomic E-state index is 0.507. The lowest BCUT2D eigenvalue weighted by Crippen LogP contribution is -2.51. The van der Waals surface area contributed by atoms with Crippen molar-refractivity contribution < 1.29 is 0 Å². The van der Waals surface area contributed by atoms with E-state index >= 15 is 0 Å². The molecule has 3 rings (SSSR count). The molecule has 1 saturated heterocycles. The molecule has 19 heavy (non-hydrogen) atoms. The molecule has 1 aromatic rings. The summed E-state index contributed by atoms with van der Waals surface area (Å²) in [5, 5.41) is 3.42. The number of nitrogens with one attached hydrogen (secondary N) is 1. The van der Waals surface area contributed by atoms with Crippen molar-refractivity contribution in [3.63, 3.8) is 0 Å². The van der Waals surface area contributed by atoms with E-state index < -0.39 is 0 Å². The van der Waals surface area contributed by atoms with Crippen LogP contribution < -0.4 is 10.2 Å². The molecule has 0 aromatic carbocycles. The van der Waals surface area contributed by atoms with Crippen molar-refractivity contribution in [2.45, 2.75) is 57.5 Å². The highest BCUT2D eigenvalue weighted by Crippen LogP contribution is 2.32. The van der Waals surface area contributed by atoms with Gasteiger partial charge in [0.2, 0.25) is 0 Å². The minimum Gasteiger partial charge on any atom is -0.352 e. The van der Waals surface area contributed by atoms with Gasteiger partial charge >= 0.3 is 0 Å². The zero-order chi connectivity index (χ0) is 13.2. The standard InChI is InChI=1S/C15H24N4/c1-11(16-2)14-8-3-4-9-19(14)15-12-6-5-7-13(12)17-10-18-15/h10-11,14,16H,3-9H2,1-2H3. The first kappa shape index (κ1) is 12.9. The zero-order valence-electron chi connectivity index (χ0n) is 12.0. The molecule has 0 amide bonds. The van der Waals surface area contributed by atoms with E-state index in [2.05, 4.69) is 34.2 Å². The number of piperidine rings is 1. The smallest absolute Gasteiger partial charge is 0.135 e. The molecule has 1 aromatic heterocycles. The van der Waals surface area contributed by atoms with E-state index in [1.165, 1.54) is 42.8 Å². The number of nitrogens with zero attached hydrogens (tertiary/aromatic N) is 3. The minimum absolute atomic E-state index is 0.507. The molecule has 0 saturated carbocycles. The van der Waals surface area contributed by atoms with Crippen molar-refractivity contribution >= 4 is 5.82 Å². The van der Waals surface area contributed by atoms with E-state index in [1.54, 1.807) is 6.33 Å². The van der Waals surface area contributed by atoms with Crippen LogP contribution in [0.3, 0.4) is 0 Å². The third-order valence-corrected chi connectivity index (χ3v) is 4.71. The molecule has 0 radical (unpaired) electrons. The molecule has 1 fully saturated rings. The van der Waals surface area contributed by atoms with Crippen molar-refractivity contribution in [1.29, 1.82) is 0 Å². The maximum Gasteiger partial charge on any atom is 0.135 e. The lowest BCUT2D eigenvalue weighted by molar-refractivity contribution is 0.379. The van der Waals surface area contributed by atoms with Crippen LogP contribution in [-0.4, -0.2) is 35.6 Å². The van der Waals surface area contributed by atoms with Crippen LogP contribution in [0.15, 0.2) is 6.33 Å². The molecule has 1 aliphatic heterocycles. The van der Waals surface area contributed by atoms with Gasteiger partial charge in [-0.1, -0.05) is 0 Å². The summed E-state index contributed by atoms with van der Waals surface area (Å²) >= 11 is 0. The van der Waals surface area contributed by atoms with Crippen LogP contribution >= 0.6 is 0 Å². The van der Waals surface area contributed by atoms with Crippen molar-refractivity contribution in [1.82, 2.24) is 15.3 Å².